The molecule has 0 N–H and O–H groups in total. The fourth-order valence-electron chi connectivity index (χ4n) is 1.01. The van der Waals surface area contributed by atoms with Crippen LogP contribution in [-0.4, -0.2) is 9.52 Å². The van der Waals surface area contributed by atoms with Gasteiger partial charge in [-0.3, -0.25) is 0 Å². The Hall–Kier alpha value is -1.70. The molecule has 0 aromatic heterocycles. The summed E-state index contributed by atoms with van der Waals surface area (Å²) in [4.78, 5) is 0. The van der Waals surface area contributed by atoms with Gasteiger partial charge in [0.1, 0.15) is 9.52 Å². The molecule has 1 aromatic carbocycles. The molecule has 0 aliphatic rings. The summed E-state index contributed by atoms with van der Waals surface area (Å²) in [7, 11) is -0.446. The lowest BCUT2D eigenvalue weighted by Gasteiger charge is -1.94. The highest BCUT2D eigenvalue weighted by Crippen LogP contribution is 2.04. The van der Waals surface area contributed by atoms with Crippen molar-refractivity contribution >= 4 is 9.52 Å². The zero-order valence-electron chi connectivity index (χ0n) is 8.30. The van der Waals surface area contributed by atoms with Crippen molar-refractivity contribution in [2.75, 3.05) is 0 Å². The van der Waals surface area contributed by atoms with E-state index < -0.39 is 9.52 Å². The van der Waals surface area contributed by atoms with E-state index in [1.54, 1.807) is 0 Å². The summed E-state index contributed by atoms with van der Waals surface area (Å²) in [6.07, 6.45) is 5.36. The van der Waals surface area contributed by atoms with Crippen LogP contribution in [0.2, 0.25) is 0 Å². The first-order valence-corrected chi connectivity index (χ1v) is 5.84. The fourth-order valence-corrected chi connectivity index (χ4v) is 1.59. The van der Waals surface area contributed by atoms with Crippen molar-refractivity contribution in [1.82, 2.24) is 0 Å². The first kappa shape index (κ1) is 10.4. The highest BCUT2D eigenvalue weighted by molar-refractivity contribution is 6.54. The smallest absolute Gasteiger partial charge is 0.129 e. The molecule has 0 radical (unpaired) electrons. The van der Waals surface area contributed by atoms with Crippen molar-refractivity contribution < 1.29 is 0 Å². The molecular formula is C13H12Si. The van der Waals surface area contributed by atoms with E-state index in [9.17, 15) is 0 Å². The first-order chi connectivity index (χ1) is 6.74. The van der Waals surface area contributed by atoms with Crippen LogP contribution >= 0.6 is 0 Å². The van der Waals surface area contributed by atoms with Gasteiger partial charge < -0.3 is 0 Å². The second kappa shape index (κ2) is 5.12. The summed E-state index contributed by atoms with van der Waals surface area (Å²) in [5.41, 5.74) is 4.99. The van der Waals surface area contributed by atoms with Gasteiger partial charge in [-0.1, -0.05) is 29.2 Å². The Morgan fingerprint density at radius 2 is 2.00 bits per heavy atom. The highest BCUT2D eigenvalue weighted by Gasteiger charge is 1.92. The summed E-state index contributed by atoms with van der Waals surface area (Å²) in [5, 5.41) is 1.20. The maximum atomic E-state index is 5.36. The third-order valence-corrected chi connectivity index (χ3v) is 2.65. The van der Waals surface area contributed by atoms with E-state index in [4.69, 9.17) is 6.42 Å². The van der Waals surface area contributed by atoms with Gasteiger partial charge in [-0.2, -0.15) is 0 Å². The number of terminal acetylenes is 1. The van der Waals surface area contributed by atoms with Crippen molar-refractivity contribution in [1.29, 1.82) is 0 Å². The van der Waals surface area contributed by atoms with Crippen LogP contribution in [0.15, 0.2) is 36.0 Å². The van der Waals surface area contributed by atoms with E-state index in [0.29, 0.717) is 0 Å². The minimum Gasteiger partial charge on any atom is -0.129 e. The minimum atomic E-state index is -0.446. The third kappa shape index (κ3) is 2.97. The SMILES string of the molecule is C#Cc1ccccc1C#C[SiH2]C(=C)C. The van der Waals surface area contributed by atoms with Crippen molar-refractivity contribution in [2.45, 2.75) is 6.92 Å². The Labute approximate surface area is 87.9 Å². The molecule has 0 saturated carbocycles. The molecule has 1 rings (SSSR count). The normalized spacial score (nSPS) is 9.14. The lowest BCUT2D eigenvalue weighted by Crippen LogP contribution is -1.87. The number of hydrogen-bond acceptors (Lipinski definition) is 0. The predicted molar refractivity (Wildman–Crippen MR) is 64.6 cm³/mol. The largest absolute Gasteiger partial charge is 0.133 e. The van der Waals surface area contributed by atoms with Crippen LogP contribution in [0.4, 0.5) is 0 Å². The van der Waals surface area contributed by atoms with Crippen molar-refractivity contribution in [3.63, 3.8) is 0 Å². The number of allylic oxidation sites excluding steroid dienone is 1. The van der Waals surface area contributed by atoms with Gasteiger partial charge in [-0.15, -0.1) is 18.5 Å². The van der Waals surface area contributed by atoms with Crippen LogP contribution in [0.3, 0.4) is 0 Å². The molecule has 0 fully saturated rings. The minimum absolute atomic E-state index is 0.446. The monoisotopic (exact) mass is 196 g/mol. The van der Waals surface area contributed by atoms with Gasteiger partial charge in [-0.05, 0) is 19.1 Å². The Kier molecular flexibility index (Phi) is 3.79. The molecule has 0 unspecified atom stereocenters. The molecule has 0 spiro atoms. The second-order valence-electron chi connectivity index (χ2n) is 3.13. The van der Waals surface area contributed by atoms with E-state index in [0.717, 1.165) is 11.1 Å². The van der Waals surface area contributed by atoms with Crippen LogP contribution in [0, 0.1) is 23.8 Å². The van der Waals surface area contributed by atoms with Crippen LogP contribution in [0.1, 0.15) is 18.1 Å². The summed E-state index contributed by atoms with van der Waals surface area (Å²) < 4.78 is 0. The Bertz CT molecular complexity index is 438. The summed E-state index contributed by atoms with van der Waals surface area (Å²) in [6.45, 7) is 5.87. The van der Waals surface area contributed by atoms with E-state index in [1.165, 1.54) is 5.20 Å². The highest BCUT2D eigenvalue weighted by atomic mass is 28.2. The van der Waals surface area contributed by atoms with Gasteiger partial charge >= 0.3 is 0 Å². The zero-order valence-corrected chi connectivity index (χ0v) is 9.72. The zero-order chi connectivity index (χ0) is 10.4. The molecule has 1 heteroatoms. The molecular weight excluding hydrogens is 184 g/mol. The van der Waals surface area contributed by atoms with Gasteiger partial charge in [0.05, 0.1) is 0 Å². The van der Waals surface area contributed by atoms with Gasteiger partial charge in [0.25, 0.3) is 0 Å². The Morgan fingerprint density at radius 3 is 2.57 bits per heavy atom. The van der Waals surface area contributed by atoms with Gasteiger partial charge in [0.2, 0.25) is 0 Å². The molecule has 0 heterocycles. The predicted octanol–water partition coefficient (Wildman–Crippen LogP) is 1.68. The van der Waals surface area contributed by atoms with Crippen molar-refractivity contribution in [2.24, 2.45) is 0 Å². The molecule has 0 bridgehead atoms. The van der Waals surface area contributed by atoms with Crippen LogP contribution in [-0.2, 0) is 0 Å². The van der Waals surface area contributed by atoms with Crippen molar-refractivity contribution in [3.05, 3.63) is 47.2 Å². The summed E-state index contributed by atoms with van der Waals surface area (Å²) in [6, 6.07) is 7.74. The van der Waals surface area contributed by atoms with E-state index in [2.05, 4.69) is 24.0 Å². The topological polar surface area (TPSA) is 0 Å². The summed E-state index contributed by atoms with van der Waals surface area (Å²) >= 11 is 0. The average molecular weight is 196 g/mol. The number of rotatable bonds is 1. The molecule has 1 aromatic rings. The van der Waals surface area contributed by atoms with Crippen LogP contribution in [0.25, 0.3) is 0 Å². The van der Waals surface area contributed by atoms with E-state index in [1.807, 2.05) is 31.2 Å². The third-order valence-electron chi connectivity index (χ3n) is 1.70. The fraction of sp³-hybridized carbons (Fsp3) is 0.0769. The molecule has 0 nitrogen and oxygen atoms in total. The standard InChI is InChI=1S/C13H12Si/c1-4-12-7-5-6-8-13(12)9-10-14-11(2)3/h1,5-8H,2,14H2,3H3. The van der Waals surface area contributed by atoms with Crippen LogP contribution < -0.4 is 0 Å². The van der Waals surface area contributed by atoms with Crippen molar-refractivity contribution in [3.8, 4) is 23.8 Å². The number of benzene rings is 1. The molecule has 0 amide bonds. The summed E-state index contributed by atoms with van der Waals surface area (Å²) in [5.74, 6) is 5.73. The van der Waals surface area contributed by atoms with Gasteiger partial charge in [-0.25, -0.2) is 0 Å². The lowest BCUT2D eigenvalue weighted by molar-refractivity contribution is 1.59. The molecule has 0 atom stereocenters. The second-order valence-corrected chi connectivity index (χ2v) is 5.04. The lowest BCUT2D eigenvalue weighted by atomic mass is 10.1. The first-order valence-electron chi connectivity index (χ1n) is 4.43. The maximum absolute atomic E-state index is 5.36. The molecule has 68 valence electrons. The van der Waals surface area contributed by atoms with E-state index in [-0.39, 0.29) is 0 Å². The Morgan fingerprint density at radius 1 is 1.36 bits per heavy atom. The molecule has 14 heavy (non-hydrogen) atoms. The molecule has 0 saturated heterocycles. The average Bonchev–Trinajstić information content (AvgIpc) is 2.18. The Balaban J connectivity index is 2.90. The van der Waals surface area contributed by atoms with Gasteiger partial charge in [0, 0.05) is 11.1 Å². The molecule has 0 aliphatic heterocycles. The maximum Gasteiger partial charge on any atom is 0.133 e. The van der Waals surface area contributed by atoms with Crippen LogP contribution in [0.5, 0.6) is 0 Å². The number of hydrogen-bond donors (Lipinski definition) is 0. The quantitative estimate of drug-likeness (QED) is 0.473. The molecule has 0 aliphatic carbocycles. The van der Waals surface area contributed by atoms with E-state index >= 15 is 0 Å². The van der Waals surface area contributed by atoms with Gasteiger partial charge in [0.15, 0.2) is 0 Å².